The summed E-state index contributed by atoms with van der Waals surface area (Å²) < 4.78 is 6.39. The van der Waals surface area contributed by atoms with Crippen molar-refractivity contribution in [2.75, 3.05) is 12.3 Å². The first-order valence-electron chi connectivity index (χ1n) is 8.40. The fourth-order valence-corrected chi connectivity index (χ4v) is 4.63. The molecule has 1 atom stereocenters. The van der Waals surface area contributed by atoms with Gasteiger partial charge in [-0.15, -0.1) is 11.8 Å². The summed E-state index contributed by atoms with van der Waals surface area (Å²) in [6.45, 7) is 4.14. The minimum Gasteiger partial charge on any atom is -0.371 e. The van der Waals surface area contributed by atoms with Crippen LogP contribution in [-0.4, -0.2) is 24.0 Å². The molecule has 0 amide bonds. The normalized spacial score (nSPS) is 24.0. The van der Waals surface area contributed by atoms with E-state index in [1.165, 1.54) is 49.0 Å². The van der Waals surface area contributed by atoms with Crippen LogP contribution in [0.2, 0.25) is 0 Å². The number of ether oxygens (including phenoxy) is 1. The Balaban J connectivity index is 1.49. The third-order valence-corrected chi connectivity index (χ3v) is 5.89. The van der Waals surface area contributed by atoms with Crippen LogP contribution in [0.5, 0.6) is 0 Å². The summed E-state index contributed by atoms with van der Waals surface area (Å²) in [5.74, 6) is 1.10. The van der Waals surface area contributed by atoms with Crippen molar-refractivity contribution in [1.29, 1.82) is 0 Å². The first kappa shape index (κ1) is 15.4. The van der Waals surface area contributed by atoms with Gasteiger partial charge in [-0.2, -0.15) is 0 Å². The predicted octanol–water partition coefficient (Wildman–Crippen LogP) is 4.38. The molecule has 116 valence electrons. The lowest BCUT2D eigenvalue weighted by molar-refractivity contribution is -0.0267. The summed E-state index contributed by atoms with van der Waals surface area (Å²) in [6, 6.07) is 8.91. The van der Waals surface area contributed by atoms with Crippen LogP contribution < -0.4 is 5.32 Å². The van der Waals surface area contributed by atoms with E-state index in [1.807, 2.05) is 11.8 Å². The summed E-state index contributed by atoms with van der Waals surface area (Å²) in [7, 11) is 0. The Hall–Kier alpha value is -0.510. The highest BCUT2D eigenvalue weighted by molar-refractivity contribution is 7.99. The number of rotatable bonds is 6. The molecule has 0 aromatic heterocycles. The van der Waals surface area contributed by atoms with Crippen molar-refractivity contribution in [2.45, 2.75) is 68.6 Å². The van der Waals surface area contributed by atoms with Gasteiger partial charge in [0.15, 0.2) is 0 Å². The molecule has 21 heavy (non-hydrogen) atoms. The molecule has 1 aromatic rings. The first-order chi connectivity index (χ1) is 10.3. The van der Waals surface area contributed by atoms with Crippen LogP contribution >= 0.6 is 11.8 Å². The van der Waals surface area contributed by atoms with Crippen LogP contribution in [0.3, 0.4) is 0 Å². The van der Waals surface area contributed by atoms with Gasteiger partial charge in [-0.05, 0) is 49.9 Å². The molecule has 2 aliphatic rings. The van der Waals surface area contributed by atoms with E-state index in [0.29, 0.717) is 6.10 Å². The Morgan fingerprint density at radius 2 is 2.14 bits per heavy atom. The number of hydrogen-bond acceptors (Lipinski definition) is 3. The molecular weight excluding hydrogens is 278 g/mol. The highest BCUT2D eigenvalue weighted by atomic mass is 32.2. The largest absolute Gasteiger partial charge is 0.371 e. The molecule has 2 fully saturated rings. The molecule has 0 bridgehead atoms. The molecule has 1 unspecified atom stereocenters. The van der Waals surface area contributed by atoms with E-state index in [2.05, 4.69) is 36.5 Å². The Labute approximate surface area is 133 Å². The molecule has 1 aromatic carbocycles. The smallest absolute Gasteiger partial charge is 0.0687 e. The summed E-state index contributed by atoms with van der Waals surface area (Å²) in [5.41, 5.74) is 1.65. The van der Waals surface area contributed by atoms with E-state index in [1.54, 1.807) is 0 Å². The lowest BCUT2D eigenvalue weighted by atomic mass is 9.98. The zero-order chi connectivity index (χ0) is 14.5. The SMILES string of the molecule is CCNCc1cccc(SCC2CCC3(CCCC3)O2)c1. The van der Waals surface area contributed by atoms with Crippen molar-refractivity contribution in [2.24, 2.45) is 0 Å². The molecule has 3 rings (SSSR count). The fourth-order valence-electron chi connectivity index (χ4n) is 3.60. The average molecular weight is 305 g/mol. The van der Waals surface area contributed by atoms with Gasteiger partial charge in [0.05, 0.1) is 11.7 Å². The molecule has 1 saturated heterocycles. The van der Waals surface area contributed by atoms with Gasteiger partial charge in [-0.25, -0.2) is 0 Å². The van der Waals surface area contributed by atoms with Crippen molar-refractivity contribution < 1.29 is 4.74 Å². The molecule has 0 radical (unpaired) electrons. The van der Waals surface area contributed by atoms with Crippen LogP contribution in [-0.2, 0) is 11.3 Å². The molecule has 1 heterocycles. The van der Waals surface area contributed by atoms with Crippen molar-refractivity contribution in [3.8, 4) is 0 Å². The van der Waals surface area contributed by atoms with Gasteiger partial charge in [0.25, 0.3) is 0 Å². The Kier molecular flexibility index (Phi) is 5.25. The van der Waals surface area contributed by atoms with E-state index < -0.39 is 0 Å². The highest BCUT2D eigenvalue weighted by Crippen LogP contribution is 2.44. The zero-order valence-corrected chi connectivity index (χ0v) is 13.9. The third-order valence-electron chi connectivity index (χ3n) is 4.77. The standard InChI is InChI=1S/C18H27NOS/c1-2-19-13-15-6-5-7-17(12-15)21-14-16-8-11-18(20-16)9-3-4-10-18/h5-7,12,16,19H,2-4,8-11,13-14H2,1H3. The van der Waals surface area contributed by atoms with Gasteiger partial charge in [0.2, 0.25) is 0 Å². The molecule has 1 aliphatic carbocycles. The minimum absolute atomic E-state index is 0.276. The Morgan fingerprint density at radius 1 is 1.29 bits per heavy atom. The molecule has 1 aliphatic heterocycles. The van der Waals surface area contributed by atoms with E-state index in [4.69, 9.17) is 4.74 Å². The highest BCUT2D eigenvalue weighted by Gasteiger charge is 2.41. The summed E-state index contributed by atoms with van der Waals surface area (Å²) in [4.78, 5) is 1.38. The number of hydrogen-bond donors (Lipinski definition) is 1. The monoisotopic (exact) mass is 305 g/mol. The Bertz CT molecular complexity index is 456. The van der Waals surface area contributed by atoms with E-state index in [9.17, 15) is 0 Å². The maximum absolute atomic E-state index is 6.39. The van der Waals surface area contributed by atoms with Crippen molar-refractivity contribution in [3.05, 3.63) is 29.8 Å². The van der Waals surface area contributed by atoms with E-state index in [-0.39, 0.29) is 5.60 Å². The zero-order valence-electron chi connectivity index (χ0n) is 13.1. The molecule has 3 heteroatoms. The second kappa shape index (κ2) is 7.17. The maximum Gasteiger partial charge on any atom is 0.0687 e. The maximum atomic E-state index is 6.39. The van der Waals surface area contributed by atoms with E-state index >= 15 is 0 Å². The second-order valence-corrected chi connectivity index (χ2v) is 7.50. The number of benzene rings is 1. The van der Waals surface area contributed by atoms with Crippen molar-refractivity contribution >= 4 is 11.8 Å². The van der Waals surface area contributed by atoms with Crippen LogP contribution in [0.25, 0.3) is 0 Å². The molecule has 2 nitrogen and oxygen atoms in total. The third kappa shape index (κ3) is 4.02. The Morgan fingerprint density at radius 3 is 2.95 bits per heavy atom. The predicted molar refractivity (Wildman–Crippen MR) is 89.9 cm³/mol. The summed E-state index contributed by atoms with van der Waals surface area (Å²) >= 11 is 1.95. The number of nitrogens with one attached hydrogen (secondary N) is 1. The number of thioether (sulfide) groups is 1. The van der Waals surface area contributed by atoms with E-state index in [0.717, 1.165) is 18.8 Å². The van der Waals surface area contributed by atoms with Crippen molar-refractivity contribution in [3.63, 3.8) is 0 Å². The summed E-state index contributed by atoms with van der Waals surface area (Å²) in [6.07, 6.45) is 8.34. The van der Waals surface area contributed by atoms with Gasteiger partial charge in [-0.1, -0.05) is 31.9 Å². The van der Waals surface area contributed by atoms with Gasteiger partial charge in [0.1, 0.15) is 0 Å². The lowest BCUT2D eigenvalue weighted by Crippen LogP contribution is -2.25. The fraction of sp³-hybridized carbons (Fsp3) is 0.667. The van der Waals surface area contributed by atoms with Crippen LogP contribution in [0.4, 0.5) is 0 Å². The summed E-state index contributed by atoms with van der Waals surface area (Å²) in [5, 5.41) is 3.39. The molecular formula is C18H27NOS. The molecule has 1 saturated carbocycles. The van der Waals surface area contributed by atoms with Crippen molar-refractivity contribution in [1.82, 2.24) is 5.32 Å². The van der Waals surface area contributed by atoms with Crippen LogP contribution in [0.1, 0.15) is 51.0 Å². The van der Waals surface area contributed by atoms with Gasteiger partial charge in [0, 0.05) is 17.2 Å². The van der Waals surface area contributed by atoms with Gasteiger partial charge < -0.3 is 10.1 Å². The second-order valence-electron chi connectivity index (χ2n) is 6.41. The van der Waals surface area contributed by atoms with Gasteiger partial charge >= 0.3 is 0 Å². The van der Waals surface area contributed by atoms with Crippen LogP contribution in [0.15, 0.2) is 29.2 Å². The average Bonchev–Trinajstić information content (AvgIpc) is 3.14. The van der Waals surface area contributed by atoms with Crippen LogP contribution in [0, 0.1) is 0 Å². The van der Waals surface area contributed by atoms with Gasteiger partial charge in [-0.3, -0.25) is 0 Å². The molecule has 1 spiro atoms. The first-order valence-corrected chi connectivity index (χ1v) is 9.38. The molecule has 1 N–H and O–H groups in total. The minimum atomic E-state index is 0.276. The lowest BCUT2D eigenvalue weighted by Gasteiger charge is -2.23. The topological polar surface area (TPSA) is 21.3 Å². The quantitative estimate of drug-likeness (QED) is 0.788.